The van der Waals surface area contributed by atoms with E-state index in [-0.39, 0.29) is 12.4 Å². The Morgan fingerprint density at radius 1 is 1.04 bits per heavy atom. The molecule has 0 saturated carbocycles. The van der Waals surface area contributed by atoms with Crippen molar-refractivity contribution >= 4 is 40.9 Å². The van der Waals surface area contributed by atoms with E-state index in [9.17, 15) is 0 Å². The number of halogens is 1. The minimum atomic E-state index is 0. The number of benzene rings is 1. The predicted molar refractivity (Wildman–Crippen MR) is 106 cm³/mol. The van der Waals surface area contributed by atoms with Crippen molar-refractivity contribution in [2.24, 2.45) is 0 Å². The summed E-state index contributed by atoms with van der Waals surface area (Å²) >= 11 is 1.70. The van der Waals surface area contributed by atoms with Crippen LogP contribution in [-0.2, 0) is 6.42 Å². The first kappa shape index (κ1) is 19.4. The van der Waals surface area contributed by atoms with Crippen molar-refractivity contribution in [2.75, 3.05) is 33.2 Å². The van der Waals surface area contributed by atoms with Crippen molar-refractivity contribution in [1.29, 1.82) is 0 Å². The number of ether oxygens (including phenoxy) is 3. The molecular formula is C18H23ClN2O3S. The zero-order chi connectivity index (χ0) is 16.9. The van der Waals surface area contributed by atoms with Crippen LogP contribution < -0.4 is 19.5 Å². The molecule has 0 saturated heterocycles. The van der Waals surface area contributed by atoms with Gasteiger partial charge in [0.05, 0.1) is 27.0 Å². The van der Waals surface area contributed by atoms with Crippen LogP contribution in [0.25, 0.3) is 12.2 Å². The number of anilines is 1. The lowest BCUT2D eigenvalue weighted by atomic mass is 10.1. The van der Waals surface area contributed by atoms with Crippen LogP contribution in [0.3, 0.4) is 0 Å². The van der Waals surface area contributed by atoms with Gasteiger partial charge in [0.1, 0.15) is 10.0 Å². The molecule has 0 aliphatic carbocycles. The summed E-state index contributed by atoms with van der Waals surface area (Å²) in [4.78, 5) is 4.73. The molecule has 0 bridgehead atoms. The van der Waals surface area contributed by atoms with Gasteiger partial charge in [0.25, 0.3) is 0 Å². The van der Waals surface area contributed by atoms with Gasteiger partial charge < -0.3 is 19.5 Å². The number of nitrogens with zero attached hydrogens (tertiary/aromatic N) is 1. The van der Waals surface area contributed by atoms with Crippen molar-refractivity contribution in [3.05, 3.63) is 28.4 Å². The van der Waals surface area contributed by atoms with Gasteiger partial charge >= 0.3 is 0 Å². The number of hydrogen-bond acceptors (Lipinski definition) is 6. The predicted octanol–water partition coefficient (Wildman–Crippen LogP) is 4.51. The normalized spacial score (nSPS) is 13.4. The van der Waals surface area contributed by atoms with Crippen LogP contribution in [0.15, 0.2) is 12.1 Å². The molecule has 25 heavy (non-hydrogen) atoms. The lowest BCUT2D eigenvalue weighted by Crippen LogP contribution is -1.96. The molecule has 5 nitrogen and oxygen atoms in total. The summed E-state index contributed by atoms with van der Waals surface area (Å²) in [5.74, 6) is 1.89. The first-order chi connectivity index (χ1) is 11.7. The highest BCUT2D eigenvalue weighted by molar-refractivity contribution is 7.16. The van der Waals surface area contributed by atoms with Crippen LogP contribution >= 0.6 is 23.7 Å². The Labute approximate surface area is 158 Å². The maximum Gasteiger partial charge on any atom is 0.203 e. The summed E-state index contributed by atoms with van der Waals surface area (Å²) in [5.41, 5.74) is 2.16. The zero-order valence-corrected chi connectivity index (χ0v) is 16.3. The van der Waals surface area contributed by atoms with Crippen LogP contribution in [0.2, 0.25) is 0 Å². The van der Waals surface area contributed by atoms with Crippen LogP contribution in [0.1, 0.15) is 29.1 Å². The van der Waals surface area contributed by atoms with E-state index in [4.69, 9.17) is 19.2 Å². The van der Waals surface area contributed by atoms with Crippen molar-refractivity contribution in [1.82, 2.24) is 4.98 Å². The molecule has 0 radical (unpaired) electrons. The number of methoxy groups -OCH3 is 3. The monoisotopic (exact) mass is 382 g/mol. The van der Waals surface area contributed by atoms with Gasteiger partial charge in [-0.2, -0.15) is 0 Å². The van der Waals surface area contributed by atoms with E-state index in [2.05, 4.69) is 5.32 Å². The second-order valence-electron chi connectivity index (χ2n) is 5.50. The molecule has 2 aromatic rings. The van der Waals surface area contributed by atoms with Crippen molar-refractivity contribution in [2.45, 2.75) is 19.3 Å². The number of aromatic nitrogens is 1. The van der Waals surface area contributed by atoms with Gasteiger partial charge in [0, 0.05) is 6.54 Å². The number of nitrogens with one attached hydrogen (secondary N) is 1. The molecule has 7 heteroatoms. The highest BCUT2D eigenvalue weighted by Crippen LogP contribution is 2.38. The summed E-state index contributed by atoms with van der Waals surface area (Å²) in [6.07, 6.45) is 7.50. The van der Waals surface area contributed by atoms with Crippen LogP contribution in [0.4, 0.5) is 5.00 Å². The standard InChI is InChI=1S/C18H22N2O3S.ClH/c1-21-14-10-12(11-15(22-2)17(14)23-3)7-8-16-20-13-6-4-5-9-19-18(13)24-16;/h7-8,10-11,19H,4-6,9H2,1-3H3;1H/b8-7+;. The highest BCUT2D eigenvalue weighted by Gasteiger charge is 2.14. The fourth-order valence-corrected chi connectivity index (χ4v) is 3.67. The molecule has 2 heterocycles. The third-order valence-corrected chi connectivity index (χ3v) is 4.97. The van der Waals surface area contributed by atoms with E-state index < -0.39 is 0 Å². The summed E-state index contributed by atoms with van der Waals surface area (Å²) in [6.45, 7) is 1.03. The molecule has 1 aliphatic rings. The molecule has 0 atom stereocenters. The fourth-order valence-electron chi connectivity index (χ4n) is 2.73. The summed E-state index contributed by atoms with van der Waals surface area (Å²) in [7, 11) is 4.84. The summed E-state index contributed by atoms with van der Waals surface area (Å²) < 4.78 is 16.1. The van der Waals surface area contributed by atoms with Gasteiger partial charge in [0.2, 0.25) is 5.75 Å². The second-order valence-corrected chi connectivity index (χ2v) is 6.53. The first-order valence-corrected chi connectivity index (χ1v) is 8.78. The maximum absolute atomic E-state index is 5.39. The molecule has 0 amide bonds. The summed E-state index contributed by atoms with van der Waals surface area (Å²) in [6, 6.07) is 3.85. The van der Waals surface area contributed by atoms with Crippen LogP contribution in [-0.4, -0.2) is 32.9 Å². The van der Waals surface area contributed by atoms with Crippen LogP contribution in [0.5, 0.6) is 17.2 Å². The minimum Gasteiger partial charge on any atom is -0.493 e. The third-order valence-electron chi connectivity index (χ3n) is 3.95. The Balaban J connectivity index is 0.00000225. The number of hydrogen-bond donors (Lipinski definition) is 1. The SMILES string of the molecule is COc1cc(/C=C/c2nc3c(s2)NCCCC3)cc(OC)c1OC.Cl. The Morgan fingerprint density at radius 3 is 2.40 bits per heavy atom. The molecule has 0 fully saturated rings. The van der Waals surface area contributed by atoms with E-state index in [0.717, 1.165) is 23.5 Å². The average Bonchev–Trinajstić information content (AvgIpc) is 2.88. The van der Waals surface area contributed by atoms with Gasteiger partial charge in [-0.05, 0) is 43.0 Å². The highest BCUT2D eigenvalue weighted by atomic mass is 35.5. The molecule has 1 aromatic carbocycles. The lowest BCUT2D eigenvalue weighted by molar-refractivity contribution is 0.324. The van der Waals surface area contributed by atoms with Crippen LogP contribution in [0, 0.1) is 0 Å². The topological polar surface area (TPSA) is 52.6 Å². The van der Waals surface area contributed by atoms with Crippen molar-refractivity contribution in [3.63, 3.8) is 0 Å². The van der Waals surface area contributed by atoms with E-state index >= 15 is 0 Å². The van der Waals surface area contributed by atoms with Gasteiger partial charge in [0.15, 0.2) is 11.5 Å². The Bertz CT molecular complexity index is 697. The minimum absolute atomic E-state index is 0. The number of rotatable bonds is 5. The molecule has 3 rings (SSSR count). The zero-order valence-electron chi connectivity index (χ0n) is 14.6. The largest absolute Gasteiger partial charge is 0.493 e. The molecule has 0 unspecified atom stereocenters. The molecule has 1 aromatic heterocycles. The smallest absolute Gasteiger partial charge is 0.203 e. The number of aryl methyl sites for hydroxylation is 1. The van der Waals surface area contributed by atoms with E-state index in [1.54, 1.807) is 32.7 Å². The molecule has 1 aliphatic heterocycles. The van der Waals surface area contributed by atoms with Crippen molar-refractivity contribution in [3.8, 4) is 17.2 Å². The summed E-state index contributed by atoms with van der Waals surface area (Å²) in [5, 5.41) is 5.67. The van der Waals surface area contributed by atoms with Gasteiger partial charge in [-0.15, -0.1) is 12.4 Å². The van der Waals surface area contributed by atoms with E-state index in [1.807, 2.05) is 24.3 Å². The fraction of sp³-hybridized carbons (Fsp3) is 0.389. The van der Waals surface area contributed by atoms with E-state index in [0.29, 0.717) is 17.2 Å². The maximum atomic E-state index is 5.39. The van der Waals surface area contributed by atoms with Gasteiger partial charge in [-0.25, -0.2) is 4.98 Å². The first-order valence-electron chi connectivity index (χ1n) is 7.97. The van der Waals surface area contributed by atoms with Gasteiger partial charge in [-0.1, -0.05) is 17.4 Å². The molecule has 1 N–H and O–H groups in total. The number of thiazole rings is 1. The number of fused-ring (bicyclic) bond motifs is 1. The van der Waals surface area contributed by atoms with Gasteiger partial charge in [-0.3, -0.25) is 0 Å². The third kappa shape index (κ3) is 4.38. The molecule has 136 valence electrons. The molecule has 0 spiro atoms. The Morgan fingerprint density at radius 2 is 1.76 bits per heavy atom. The average molecular weight is 383 g/mol. The lowest BCUT2D eigenvalue weighted by Gasteiger charge is -2.12. The quantitative estimate of drug-likeness (QED) is 0.824. The second kappa shape index (κ2) is 8.97. The Hall–Kier alpha value is -1.92. The molecular weight excluding hydrogens is 360 g/mol. The van der Waals surface area contributed by atoms with Crippen molar-refractivity contribution < 1.29 is 14.2 Å². The van der Waals surface area contributed by atoms with E-state index in [1.165, 1.54) is 23.5 Å². The Kier molecular flexibility index (Phi) is 6.96.